The van der Waals surface area contributed by atoms with Gasteiger partial charge in [0.1, 0.15) is 0 Å². The van der Waals surface area contributed by atoms with E-state index in [1.54, 1.807) is 13.8 Å². The zero-order valence-electron chi connectivity index (χ0n) is 10.0. The van der Waals surface area contributed by atoms with Crippen molar-refractivity contribution in [1.29, 1.82) is 0 Å². The van der Waals surface area contributed by atoms with Gasteiger partial charge in [0, 0.05) is 0 Å². The molecular weight excluding hydrogens is 251 g/mol. The second-order valence-electron chi connectivity index (χ2n) is 3.01. The Hall–Kier alpha value is -0.910. The van der Waals surface area contributed by atoms with Crippen molar-refractivity contribution in [2.75, 3.05) is 20.3 Å². The molecule has 0 aliphatic rings. The molecule has 1 atom stereocenters. The van der Waals surface area contributed by atoms with Crippen LogP contribution in [0.4, 0.5) is 0 Å². The summed E-state index contributed by atoms with van der Waals surface area (Å²) in [7, 11) is -2.73. The summed E-state index contributed by atoms with van der Waals surface area (Å²) in [5.74, 6) is -2.20. The van der Waals surface area contributed by atoms with Gasteiger partial charge in [-0.3, -0.25) is 14.2 Å². The number of esters is 1. The summed E-state index contributed by atoms with van der Waals surface area (Å²) < 4.78 is 26.5. The van der Waals surface area contributed by atoms with Crippen molar-refractivity contribution >= 4 is 19.5 Å². The van der Waals surface area contributed by atoms with Gasteiger partial charge in [-0.25, -0.2) is 0 Å². The molecule has 100 valence electrons. The molecule has 0 amide bonds. The van der Waals surface area contributed by atoms with Crippen LogP contribution in [-0.2, 0) is 27.9 Å². The van der Waals surface area contributed by atoms with Crippen LogP contribution in [-0.4, -0.2) is 43.0 Å². The van der Waals surface area contributed by atoms with Crippen LogP contribution < -0.4 is 0 Å². The number of carbonyl (C=O) groups is 2. The van der Waals surface area contributed by atoms with Gasteiger partial charge in [0.15, 0.2) is 5.66 Å². The van der Waals surface area contributed by atoms with E-state index in [4.69, 9.17) is 14.2 Å². The van der Waals surface area contributed by atoms with Crippen molar-refractivity contribution < 1.29 is 33.0 Å². The first-order valence-electron chi connectivity index (χ1n) is 5.09. The van der Waals surface area contributed by atoms with Gasteiger partial charge >= 0.3 is 19.5 Å². The Morgan fingerprint density at radius 1 is 1.24 bits per heavy atom. The average molecular weight is 268 g/mol. The van der Waals surface area contributed by atoms with Crippen molar-refractivity contribution in [1.82, 2.24) is 0 Å². The van der Waals surface area contributed by atoms with E-state index in [9.17, 15) is 14.2 Å². The lowest BCUT2D eigenvalue weighted by Gasteiger charge is -2.23. The molecule has 0 saturated heterocycles. The van der Waals surface area contributed by atoms with E-state index in [-0.39, 0.29) is 13.2 Å². The fourth-order valence-corrected chi connectivity index (χ4v) is 3.10. The lowest BCUT2D eigenvalue weighted by Crippen LogP contribution is -2.27. The Morgan fingerprint density at radius 2 is 1.71 bits per heavy atom. The number of rotatable bonds is 8. The Kier molecular flexibility index (Phi) is 7.03. The summed E-state index contributed by atoms with van der Waals surface area (Å²) >= 11 is 0. The van der Waals surface area contributed by atoms with E-state index in [2.05, 4.69) is 4.74 Å². The first-order chi connectivity index (χ1) is 7.91. The fraction of sp³-hybridized carbons (Fsp3) is 0.778. The van der Waals surface area contributed by atoms with Crippen LogP contribution in [0.15, 0.2) is 0 Å². The summed E-state index contributed by atoms with van der Waals surface area (Å²) in [5, 5.41) is 8.69. The minimum Gasteiger partial charge on any atom is -0.481 e. The third kappa shape index (κ3) is 4.85. The molecule has 0 aliphatic carbocycles. The summed E-state index contributed by atoms with van der Waals surface area (Å²) in [5.41, 5.74) is -1.44. The summed E-state index contributed by atoms with van der Waals surface area (Å²) in [6.07, 6.45) is -0.663. The van der Waals surface area contributed by atoms with Crippen molar-refractivity contribution in [3.05, 3.63) is 0 Å². The summed E-state index contributed by atoms with van der Waals surface area (Å²) in [6.45, 7) is 3.23. The molecule has 1 N–H and O–H groups in total. The van der Waals surface area contributed by atoms with Crippen LogP contribution in [0.25, 0.3) is 0 Å². The van der Waals surface area contributed by atoms with Crippen LogP contribution in [0.5, 0.6) is 0 Å². The highest BCUT2D eigenvalue weighted by Gasteiger charge is 2.43. The molecule has 8 heteroatoms. The predicted molar refractivity (Wildman–Crippen MR) is 58.9 cm³/mol. The molecule has 7 nitrogen and oxygen atoms in total. The zero-order valence-corrected chi connectivity index (χ0v) is 10.9. The van der Waals surface area contributed by atoms with E-state index in [1.165, 1.54) is 0 Å². The molecule has 0 heterocycles. The van der Waals surface area contributed by atoms with Crippen molar-refractivity contribution in [3.63, 3.8) is 0 Å². The summed E-state index contributed by atoms with van der Waals surface area (Å²) in [6, 6.07) is 0. The summed E-state index contributed by atoms with van der Waals surface area (Å²) in [4.78, 5) is 22.1. The van der Waals surface area contributed by atoms with Gasteiger partial charge in [0.05, 0.1) is 26.7 Å². The maximum atomic E-state index is 12.2. The largest absolute Gasteiger partial charge is 0.481 e. The molecule has 0 aromatic heterocycles. The second kappa shape index (κ2) is 7.42. The molecule has 0 saturated carbocycles. The van der Waals surface area contributed by atoms with Crippen molar-refractivity contribution in [2.45, 2.75) is 25.9 Å². The van der Waals surface area contributed by atoms with E-state index in [0.29, 0.717) is 0 Å². The number of ether oxygens (including phenoxy) is 1. The molecule has 0 aromatic carbocycles. The van der Waals surface area contributed by atoms with E-state index in [0.717, 1.165) is 7.11 Å². The third-order valence-electron chi connectivity index (χ3n) is 1.84. The van der Waals surface area contributed by atoms with E-state index >= 15 is 0 Å². The molecule has 1 unspecified atom stereocenters. The number of methoxy groups -OCH3 is 1. The van der Waals surface area contributed by atoms with Crippen LogP contribution >= 0.6 is 7.60 Å². The average Bonchev–Trinajstić information content (AvgIpc) is 2.25. The number of aliphatic carboxylic acids is 1. The first kappa shape index (κ1) is 16.1. The predicted octanol–water partition coefficient (Wildman–Crippen LogP) is 1.27. The number of carboxylic acids is 1. The third-order valence-corrected chi connectivity index (χ3v) is 4.23. The number of carbonyl (C=O) groups excluding carboxylic acids is 1. The molecule has 0 bridgehead atoms. The molecule has 0 spiro atoms. The molecule has 17 heavy (non-hydrogen) atoms. The maximum absolute atomic E-state index is 12.2. The van der Waals surface area contributed by atoms with Crippen LogP contribution in [0.1, 0.15) is 20.3 Å². The Labute approximate surface area is 99.6 Å². The van der Waals surface area contributed by atoms with Gasteiger partial charge < -0.3 is 18.9 Å². The van der Waals surface area contributed by atoms with Gasteiger partial charge in [-0.05, 0) is 13.8 Å². The Bertz CT molecular complexity index is 304. The second-order valence-corrected chi connectivity index (χ2v) is 5.23. The molecule has 0 radical (unpaired) electrons. The number of hydrogen-bond donors (Lipinski definition) is 1. The highest BCUT2D eigenvalue weighted by Crippen LogP contribution is 2.54. The molecule has 0 aliphatic heterocycles. The molecule has 0 rings (SSSR count). The van der Waals surface area contributed by atoms with Gasteiger partial charge in [-0.15, -0.1) is 0 Å². The highest BCUT2D eigenvalue weighted by molar-refractivity contribution is 7.55. The standard InChI is InChI=1S/C9H17O7P/c1-4-15-17(13,16-5-2)7(6-8(10)11)9(12)14-3/h7H,4-6H2,1-3H3,(H,10,11). The fourth-order valence-electron chi connectivity index (χ4n) is 1.20. The topological polar surface area (TPSA) is 99.1 Å². The van der Waals surface area contributed by atoms with Crippen LogP contribution in [0, 0.1) is 0 Å². The smallest absolute Gasteiger partial charge is 0.345 e. The minimum atomic E-state index is -3.81. The monoisotopic (exact) mass is 268 g/mol. The lowest BCUT2D eigenvalue weighted by atomic mass is 10.3. The first-order valence-corrected chi connectivity index (χ1v) is 6.70. The van der Waals surface area contributed by atoms with Gasteiger partial charge in [-0.2, -0.15) is 0 Å². The quantitative estimate of drug-likeness (QED) is 0.522. The molecular formula is C9H17O7P. The van der Waals surface area contributed by atoms with Crippen LogP contribution in [0.2, 0.25) is 0 Å². The SMILES string of the molecule is CCOP(=O)(OCC)C(CC(=O)O)C(=O)OC. The van der Waals surface area contributed by atoms with Crippen molar-refractivity contribution in [3.8, 4) is 0 Å². The zero-order chi connectivity index (χ0) is 13.5. The van der Waals surface area contributed by atoms with E-state index in [1.807, 2.05) is 0 Å². The minimum absolute atomic E-state index is 0.0460. The van der Waals surface area contributed by atoms with Crippen molar-refractivity contribution in [2.24, 2.45) is 0 Å². The van der Waals surface area contributed by atoms with E-state index < -0.39 is 31.6 Å². The lowest BCUT2D eigenvalue weighted by molar-refractivity contribution is -0.145. The number of hydrogen-bond acceptors (Lipinski definition) is 6. The molecule has 0 fully saturated rings. The Balaban J connectivity index is 5.12. The Morgan fingerprint density at radius 3 is 2.00 bits per heavy atom. The normalized spacial score (nSPS) is 13.1. The van der Waals surface area contributed by atoms with Gasteiger partial charge in [-0.1, -0.05) is 0 Å². The highest BCUT2D eigenvalue weighted by atomic mass is 31.2. The van der Waals surface area contributed by atoms with Crippen LogP contribution in [0.3, 0.4) is 0 Å². The maximum Gasteiger partial charge on any atom is 0.345 e. The molecule has 0 aromatic rings. The van der Waals surface area contributed by atoms with Gasteiger partial charge in [0.25, 0.3) is 0 Å². The number of carboxylic acid groups (broad SMARTS) is 1. The van der Waals surface area contributed by atoms with Gasteiger partial charge in [0.2, 0.25) is 0 Å².